The lowest BCUT2D eigenvalue weighted by molar-refractivity contribution is -0.496. The second-order valence-electron chi connectivity index (χ2n) is 2.28. The molecule has 64 valence electrons. The third-order valence-electron chi connectivity index (χ3n) is 1.40. The van der Waals surface area contributed by atoms with Crippen molar-refractivity contribution in [3.05, 3.63) is 33.9 Å². The average molecular weight is 169 g/mol. The molecule has 0 saturated carbocycles. The molecule has 0 amide bonds. The molecule has 0 atom stereocenters. The maximum Gasteiger partial charge on any atom is 0.232 e. The molecule has 0 aliphatic rings. The number of hydrogen-bond acceptors (Lipinski definition) is 4. The van der Waals surface area contributed by atoms with Crippen LogP contribution >= 0.6 is 0 Å². The smallest absolute Gasteiger partial charge is 0.232 e. The minimum absolute atomic E-state index is 0.111. The molecule has 1 rings (SSSR count). The fraction of sp³-hybridized carbons (Fsp3) is 0.143. The number of phenolic OH excluding ortho intramolecular Hbond substituents is 2. The van der Waals surface area contributed by atoms with E-state index in [1.807, 2.05) is 0 Å². The molecule has 12 heavy (non-hydrogen) atoms. The van der Waals surface area contributed by atoms with Gasteiger partial charge < -0.3 is 10.2 Å². The summed E-state index contributed by atoms with van der Waals surface area (Å²) in [7, 11) is 0. The topological polar surface area (TPSA) is 83.6 Å². The third-order valence-corrected chi connectivity index (χ3v) is 1.40. The minimum atomic E-state index is -0.575. The first kappa shape index (κ1) is 8.32. The van der Waals surface area contributed by atoms with Crippen LogP contribution in [0, 0.1) is 10.1 Å². The third kappa shape index (κ3) is 1.63. The fourth-order valence-corrected chi connectivity index (χ4v) is 0.844. The molecule has 0 unspecified atom stereocenters. The number of nitro groups is 1. The highest BCUT2D eigenvalue weighted by atomic mass is 16.6. The predicted octanol–water partition coefficient (Wildman–Crippen LogP) is 0.874. The maximum absolute atomic E-state index is 10.0. The van der Waals surface area contributed by atoms with E-state index in [1.165, 1.54) is 18.2 Å². The van der Waals surface area contributed by atoms with E-state index in [0.29, 0.717) is 0 Å². The standard InChI is InChI=1S/C7H7NO4/c9-6-3-1-2-5(7(6)10)4-8(11)12/h1-3,9-10H,4H2. The lowest BCUT2D eigenvalue weighted by atomic mass is 10.2. The molecule has 1 aromatic rings. The largest absolute Gasteiger partial charge is 0.504 e. The van der Waals surface area contributed by atoms with Crippen LogP contribution in [0.25, 0.3) is 0 Å². The summed E-state index contributed by atoms with van der Waals surface area (Å²) in [4.78, 5) is 9.47. The van der Waals surface area contributed by atoms with E-state index >= 15 is 0 Å². The van der Waals surface area contributed by atoms with Crippen molar-refractivity contribution in [1.82, 2.24) is 0 Å². The normalized spacial score (nSPS) is 9.67. The molecule has 2 N–H and O–H groups in total. The van der Waals surface area contributed by atoms with Gasteiger partial charge in [-0.15, -0.1) is 0 Å². The summed E-state index contributed by atoms with van der Waals surface area (Å²) in [6.45, 7) is -0.486. The van der Waals surface area contributed by atoms with E-state index in [0.717, 1.165) is 0 Å². The zero-order chi connectivity index (χ0) is 9.14. The zero-order valence-corrected chi connectivity index (χ0v) is 6.10. The van der Waals surface area contributed by atoms with Crippen molar-refractivity contribution in [3.8, 4) is 11.5 Å². The maximum atomic E-state index is 10.0. The van der Waals surface area contributed by atoms with E-state index in [2.05, 4.69) is 0 Å². The zero-order valence-electron chi connectivity index (χ0n) is 6.10. The van der Waals surface area contributed by atoms with Gasteiger partial charge in [-0.25, -0.2) is 0 Å². The Balaban J connectivity index is 3.00. The van der Waals surface area contributed by atoms with Gasteiger partial charge >= 0.3 is 0 Å². The van der Waals surface area contributed by atoms with Crippen LogP contribution in [0.1, 0.15) is 5.56 Å². The van der Waals surface area contributed by atoms with Gasteiger partial charge in [0.05, 0.1) is 5.56 Å². The molecule has 0 bridgehead atoms. The van der Waals surface area contributed by atoms with Crippen LogP contribution in [0.15, 0.2) is 18.2 Å². The second-order valence-corrected chi connectivity index (χ2v) is 2.28. The molecule has 0 aliphatic heterocycles. The minimum Gasteiger partial charge on any atom is -0.504 e. The molecule has 0 heterocycles. The summed E-state index contributed by atoms with van der Waals surface area (Å²) in [6, 6.07) is 4.09. The molecule has 5 heteroatoms. The second kappa shape index (κ2) is 3.08. The highest BCUT2D eigenvalue weighted by Crippen LogP contribution is 2.28. The van der Waals surface area contributed by atoms with Crippen molar-refractivity contribution in [2.75, 3.05) is 0 Å². The van der Waals surface area contributed by atoms with Gasteiger partial charge in [-0.2, -0.15) is 0 Å². The van der Waals surface area contributed by atoms with E-state index in [1.54, 1.807) is 0 Å². The highest BCUT2D eigenvalue weighted by Gasteiger charge is 2.09. The van der Waals surface area contributed by atoms with Crippen LogP contribution in [-0.4, -0.2) is 15.1 Å². The Morgan fingerprint density at radius 3 is 2.67 bits per heavy atom. The van der Waals surface area contributed by atoms with E-state index < -0.39 is 17.2 Å². The van der Waals surface area contributed by atoms with Gasteiger partial charge in [0.15, 0.2) is 11.5 Å². The molecule has 5 nitrogen and oxygen atoms in total. The average Bonchev–Trinajstić information content (AvgIpc) is 1.98. The monoisotopic (exact) mass is 169 g/mol. The van der Waals surface area contributed by atoms with E-state index in [-0.39, 0.29) is 11.3 Å². The van der Waals surface area contributed by atoms with E-state index in [9.17, 15) is 10.1 Å². The van der Waals surface area contributed by atoms with Gasteiger partial charge in [0.1, 0.15) is 0 Å². The number of nitrogens with zero attached hydrogens (tertiary/aromatic N) is 1. The summed E-state index contributed by atoms with van der Waals surface area (Å²) in [6.07, 6.45) is 0. The van der Waals surface area contributed by atoms with Crippen molar-refractivity contribution < 1.29 is 15.1 Å². The van der Waals surface area contributed by atoms with E-state index in [4.69, 9.17) is 10.2 Å². The molecule has 0 fully saturated rings. The van der Waals surface area contributed by atoms with Crippen LogP contribution in [0.2, 0.25) is 0 Å². The number of hydrogen-bond donors (Lipinski definition) is 2. The Hall–Kier alpha value is -1.78. The quantitative estimate of drug-likeness (QED) is 0.391. The summed E-state index contributed by atoms with van der Waals surface area (Å²) < 4.78 is 0. The Labute approximate surface area is 68.0 Å². The number of aromatic hydroxyl groups is 2. The van der Waals surface area contributed by atoms with Gasteiger partial charge in [-0.1, -0.05) is 6.07 Å². The van der Waals surface area contributed by atoms with Crippen molar-refractivity contribution >= 4 is 0 Å². The summed E-state index contributed by atoms with van der Waals surface area (Å²) in [5, 5.41) is 28.1. The summed E-state index contributed by atoms with van der Waals surface area (Å²) >= 11 is 0. The van der Waals surface area contributed by atoms with Crippen molar-refractivity contribution in [2.24, 2.45) is 0 Å². The first-order valence-electron chi connectivity index (χ1n) is 3.23. The molecule has 0 aliphatic carbocycles. The number of para-hydroxylation sites is 1. The van der Waals surface area contributed by atoms with Crippen LogP contribution < -0.4 is 0 Å². The molecule has 0 radical (unpaired) electrons. The molecular weight excluding hydrogens is 162 g/mol. The first-order valence-corrected chi connectivity index (χ1v) is 3.23. The molecule has 0 aromatic heterocycles. The van der Waals surface area contributed by atoms with Crippen molar-refractivity contribution in [1.29, 1.82) is 0 Å². The molecule has 1 aromatic carbocycles. The summed E-state index contributed by atoms with van der Waals surface area (Å²) in [5.74, 6) is -0.761. The van der Waals surface area contributed by atoms with Gasteiger partial charge in [-0.05, 0) is 12.1 Å². The fourth-order valence-electron chi connectivity index (χ4n) is 0.844. The Bertz CT molecular complexity index is 310. The molecular formula is C7H7NO4. The lowest BCUT2D eigenvalue weighted by Gasteiger charge is -2.00. The van der Waals surface area contributed by atoms with Crippen LogP contribution in [0.4, 0.5) is 0 Å². The number of benzene rings is 1. The Morgan fingerprint density at radius 1 is 1.42 bits per heavy atom. The summed E-state index contributed by atoms with van der Waals surface area (Å²) in [5.41, 5.74) is 0.111. The van der Waals surface area contributed by atoms with Gasteiger partial charge in [0, 0.05) is 4.92 Å². The molecule has 0 spiro atoms. The van der Waals surface area contributed by atoms with Crippen molar-refractivity contribution in [3.63, 3.8) is 0 Å². The van der Waals surface area contributed by atoms with Gasteiger partial charge in [-0.3, -0.25) is 10.1 Å². The first-order chi connectivity index (χ1) is 5.61. The lowest BCUT2D eigenvalue weighted by Crippen LogP contribution is -1.97. The Kier molecular flexibility index (Phi) is 2.14. The highest BCUT2D eigenvalue weighted by molar-refractivity contribution is 5.43. The van der Waals surface area contributed by atoms with Crippen molar-refractivity contribution in [2.45, 2.75) is 6.54 Å². The number of rotatable bonds is 2. The van der Waals surface area contributed by atoms with Gasteiger partial charge in [0.25, 0.3) is 0 Å². The SMILES string of the molecule is O=[N+]([O-])Cc1cccc(O)c1O. The number of phenols is 2. The molecule has 0 saturated heterocycles. The Morgan fingerprint density at radius 2 is 2.08 bits per heavy atom. The van der Waals surface area contributed by atoms with Crippen LogP contribution in [0.5, 0.6) is 11.5 Å². The van der Waals surface area contributed by atoms with Crippen LogP contribution in [-0.2, 0) is 6.54 Å². The predicted molar refractivity (Wildman–Crippen MR) is 40.5 cm³/mol. The van der Waals surface area contributed by atoms with Crippen LogP contribution in [0.3, 0.4) is 0 Å². The van der Waals surface area contributed by atoms with Gasteiger partial charge in [0.2, 0.25) is 6.54 Å².